The Hall–Kier alpha value is -6.32. The lowest BCUT2D eigenvalue weighted by Gasteiger charge is -2.16. The number of nitrogens with zero attached hydrogens (tertiary/aromatic N) is 4. The van der Waals surface area contributed by atoms with Crippen molar-refractivity contribution in [3.63, 3.8) is 0 Å². The number of alkyl halides is 2. The van der Waals surface area contributed by atoms with Crippen molar-refractivity contribution in [1.29, 1.82) is 0 Å². The molecule has 0 saturated heterocycles. The molecule has 4 unspecified atom stereocenters. The maximum absolute atomic E-state index is 13.4. The van der Waals surface area contributed by atoms with Gasteiger partial charge in [0.15, 0.2) is 11.6 Å². The van der Waals surface area contributed by atoms with Crippen LogP contribution in [-0.4, -0.2) is 47.3 Å². The lowest BCUT2D eigenvalue weighted by atomic mass is 10.1. The molecule has 0 spiro atoms. The molecule has 330 valence electrons. The number of nitrogens with one attached hydrogen (secondary N) is 4. The van der Waals surface area contributed by atoms with Crippen molar-refractivity contribution in [2.24, 2.45) is 20.5 Å². The molecule has 0 aliphatic heterocycles. The number of rotatable bonds is 16. The molecule has 0 aliphatic rings. The molecule has 64 heavy (non-hydrogen) atoms. The molecule has 0 fully saturated rings. The van der Waals surface area contributed by atoms with Gasteiger partial charge in [-0.25, -0.2) is 0 Å². The number of Topliss-reactive ketones (excluding diaryl/α,β-unsaturated/α-hetero) is 2. The number of azo groups is 2. The fraction of sp³-hybridized carbons (Fsp3) is 0.217. The Morgan fingerprint density at radius 3 is 1.20 bits per heavy atom. The van der Waals surface area contributed by atoms with Crippen LogP contribution in [0.25, 0.3) is 0 Å². The molecule has 0 radical (unpaired) electrons. The SMILES string of the molecule is CC(=O)C(N=Nc1cc(Cl)cc(C(=O)Nc2ccccc2C(C)Cl)c1)C(=O)Nc1cc(C)c(NC(=O)C(N=Nc2cc(Cl)cc(C(=O)Nc3ccccc3C(C)Cl)c2)C(C)=O)cc1C. The normalized spacial score (nSPS) is 13.2. The van der Waals surface area contributed by atoms with Crippen LogP contribution < -0.4 is 21.3 Å². The minimum atomic E-state index is -1.57. The fourth-order valence-corrected chi connectivity index (χ4v) is 7.04. The second kappa shape index (κ2) is 21.8. The van der Waals surface area contributed by atoms with Gasteiger partial charge in [0.25, 0.3) is 23.6 Å². The zero-order valence-corrected chi connectivity index (χ0v) is 38.3. The molecule has 4 N–H and O–H groups in total. The van der Waals surface area contributed by atoms with Gasteiger partial charge in [0, 0.05) is 43.9 Å². The van der Waals surface area contributed by atoms with Gasteiger partial charge in [0.2, 0.25) is 12.1 Å². The van der Waals surface area contributed by atoms with E-state index in [1.807, 2.05) is 0 Å². The van der Waals surface area contributed by atoms with Gasteiger partial charge in [0.1, 0.15) is 0 Å². The topological polar surface area (TPSA) is 200 Å². The minimum Gasteiger partial charge on any atom is -0.324 e. The molecule has 0 aromatic heterocycles. The number of benzene rings is 5. The van der Waals surface area contributed by atoms with E-state index >= 15 is 0 Å². The average Bonchev–Trinajstić information content (AvgIpc) is 3.22. The Kier molecular flexibility index (Phi) is 16.6. The van der Waals surface area contributed by atoms with Crippen molar-refractivity contribution in [1.82, 2.24) is 0 Å². The number of amides is 4. The van der Waals surface area contributed by atoms with E-state index in [0.717, 1.165) is 11.1 Å². The predicted octanol–water partition coefficient (Wildman–Crippen LogP) is 12.1. The molecule has 5 aromatic rings. The number of carbonyl (C=O) groups excluding carboxylic acids is 6. The summed E-state index contributed by atoms with van der Waals surface area (Å²) in [6.45, 7) is 9.24. The van der Waals surface area contributed by atoms with Crippen LogP contribution in [0.15, 0.2) is 118 Å². The first-order valence-electron chi connectivity index (χ1n) is 19.6. The maximum Gasteiger partial charge on any atom is 0.258 e. The second-order valence-electron chi connectivity index (χ2n) is 14.6. The first-order valence-corrected chi connectivity index (χ1v) is 21.2. The highest BCUT2D eigenvalue weighted by atomic mass is 35.5. The summed E-state index contributed by atoms with van der Waals surface area (Å²) >= 11 is 25.2. The largest absolute Gasteiger partial charge is 0.324 e. The van der Waals surface area contributed by atoms with Gasteiger partial charge in [-0.15, -0.1) is 23.2 Å². The minimum absolute atomic E-state index is 0.117. The summed E-state index contributed by atoms with van der Waals surface area (Å²) in [5.74, 6) is -3.81. The van der Waals surface area contributed by atoms with Gasteiger partial charge in [-0.1, -0.05) is 59.6 Å². The fourth-order valence-electron chi connectivity index (χ4n) is 6.20. The molecule has 5 rings (SSSR count). The highest BCUT2D eigenvalue weighted by molar-refractivity contribution is 6.32. The van der Waals surface area contributed by atoms with E-state index in [0.29, 0.717) is 33.9 Å². The number of aryl methyl sites for hydroxylation is 2. The zero-order valence-electron chi connectivity index (χ0n) is 35.3. The zero-order chi connectivity index (χ0) is 46.8. The van der Waals surface area contributed by atoms with Crippen molar-refractivity contribution in [2.45, 2.75) is 64.4 Å². The van der Waals surface area contributed by atoms with Crippen LogP contribution >= 0.6 is 46.4 Å². The van der Waals surface area contributed by atoms with Crippen LogP contribution in [0.2, 0.25) is 10.0 Å². The summed E-state index contributed by atoms with van der Waals surface area (Å²) < 4.78 is 0. The summed E-state index contributed by atoms with van der Waals surface area (Å²) in [7, 11) is 0. The van der Waals surface area contributed by atoms with Crippen LogP contribution in [0.3, 0.4) is 0 Å². The van der Waals surface area contributed by atoms with Crippen LogP contribution in [0, 0.1) is 13.8 Å². The molecule has 4 amide bonds. The number of carbonyl (C=O) groups is 6. The Bertz CT molecular complexity index is 2520. The van der Waals surface area contributed by atoms with E-state index in [1.165, 1.54) is 50.2 Å². The number of para-hydroxylation sites is 2. The van der Waals surface area contributed by atoms with E-state index in [-0.39, 0.29) is 43.3 Å². The quantitative estimate of drug-likeness (QED) is 0.0431. The molecule has 0 heterocycles. The average molecular weight is 945 g/mol. The first-order chi connectivity index (χ1) is 30.3. The van der Waals surface area contributed by atoms with Crippen LogP contribution in [0.1, 0.15) is 81.4 Å². The highest BCUT2D eigenvalue weighted by Gasteiger charge is 2.26. The van der Waals surface area contributed by atoms with Crippen molar-refractivity contribution in [3.05, 3.63) is 140 Å². The first kappa shape index (κ1) is 48.7. The Balaban J connectivity index is 1.27. The predicted molar refractivity (Wildman–Crippen MR) is 251 cm³/mol. The summed E-state index contributed by atoms with van der Waals surface area (Å²) in [6.07, 6.45) is 0. The van der Waals surface area contributed by atoms with E-state index in [1.54, 1.807) is 88.4 Å². The number of halogens is 4. The van der Waals surface area contributed by atoms with Gasteiger partial charge in [-0.05, 0) is 124 Å². The van der Waals surface area contributed by atoms with Crippen molar-refractivity contribution < 1.29 is 28.8 Å². The van der Waals surface area contributed by atoms with E-state index < -0.39 is 47.3 Å². The summed E-state index contributed by atoms with van der Waals surface area (Å²) in [5, 5.41) is 26.7. The number of anilines is 4. The van der Waals surface area contributed by atoms with Gasteiger partial charge >= 0.3 is 0 Å². The van der Waals surface area contributed by atoms with Gasteiger partial charge in [-0.2, -0.15) is 20.5 Å². The van der Waals surface area contributed by atoms with E-state index in [9.17, 15) is 28.8 Å². The van der Waals surface area contributed by atoms with Crippen LogP contribution in [0.5, 0.6) is 0 Å². The van der Waals surface area contributed by atoms with Crippen molar-refractivity contribution >= 4 is 116 Å². The lowest BCUT2D eigenvalue weighted by Crippen LogP contribution is -2.32. The van der Waals surface area contributed by atoms with E-state index in [4.69, 9.17) is 46.4 Å². The number of hydrogen-bond acceptors (Lipinski definition) is 10. The van der Waals surface area contributed by atoms with Crippen LogP contribution in [0.4, 0.5) is 34.1 Å². The maximum atomic E-state index is 13.4. The third-order valence-corrected chi connectivity index (χ3v) is 10.4. The van der Waals surface area contributed by atoms with Crippen molar-refractivity contribution in [3.8, 4) is 0 Å². The second-order valence-corrected chi connectivity index (χ2v) is 16.8. The smallest absolute Gasteiger partial charge is 0.258 e. The molecular formula is C46H42Cl4N8O6. The Morgan fingerprint density at radius 1 is 0.500 bits per heavy atom. The van der Waals surface area contributed by atoms with Gasteiger partial charge in [-0.3, -0.25) is 28.8 Å². The monoisotopic (exact) mass is 942 g/mol. The Labute approximate surface area is 389 Å². The third kappa shape index (κ3) is 12.9. The standard InChI is InChI=1S/C46H42Cl4N8O6/c1-23-15-40(54-46(64)42(28(6)60)58-56-34-20-30(18-32(50)22-34)44(62)52-38-14-10-8-12-36(38)26(4)48)24(2)16-39(23)53-45(63)41(27(5)59)57-55-33-19-29(17-31(49)21-33)43(61)51-37-13-9-7-11-35(37)25(3)47/h7-22,25-26,41-42H,1-6H3,(H,51,61)(H,52,62)(H,53,63)(H,54,64). The molecule has 14 nitrogen and oxygen atoms in total. The molecule has 5 aromatic carbocycles. The summed E-state index contributed by atoms with van der Waals surface area (Å²) in [5.41, 5.74) is 4.58. The Morgan fingerprint density at radius 2 is 0.859 bits per heavy atom. The van der Waals surface area contributed by atoms with E-state index in [2.05, 4.69) is 41.7 Å². The molecule has 18 heteroatoms. The van der Waals surface area contributed by atoms with Crippen LogP contribution in [-0.2, 0) is 19.2 Å². The van der Waals surface area contributed by atoms with Crippen molar-refractivity contribution in [2.75, 3.05) is 21.3 Å². The summed E-state index contributed by atoms with van der Waals surface area (Å²) in [6, 6.07) is 22.7. The molecule has 0 saturated carbocycles. The number of hydrogen-bond donors (Lipinski definition) is 4. The van der Waals surface area contributed by atoms with Gasteiger partial charge in [0.05, 0.1) is 22.1 Å². The molecule has 0 aliphatic carbocycles. The van der Waals surface area contributed by atoms with Gasteiger partial charge < -0.3 is 21.3 Å². The molecule has 0 bridgehead atoms. The third-order valence-electron chi connectivity index (χ3n) is 9.50. The highest BCUT2D eigenvalue weighted by Crippen LogP contribution is 2.31. The summed E-state index contributed by atoms with van der Waals surface area (Å²) in [4.78, 5) is 78.5. The lowest BCUT2D eigenvalue weighted by molar-refractivity contribution is -0.127. The molecule has 4 atom stereocenters. The molecular weight excluding hydrogens is 902 g/mol. The number of ketones is 2.